The van der Waals surface area contributed by atoms with E-state index in [9.17, 15) is 13.2 Å². The predicted octanol–water partition coefficient (Wildman–Crippen LogP) is 3.14. The summed E-state index contributed by atoms with van der Waals surface area (Å²) in [5.41, 5.74) is 1.05. The molecule has 170 valence electrons. The molecule has 30 heavy (non-hydrogen) atoms. The number of carbonyl (C=O) groups is 1. The van der Waals surface area contributed by atoms with E-state index >= 15 is 0 Å². The van der Waals surface area contributed by atoms with Gasteiger partial charge in [0.25, 0.3) is 0 Å². The Bertz CT molecular complexity index is 775. The lowest BCUT2D eigenvalue weighted by atomic mass is 9.87. The van der Waals surface area contributed by atoms with Crippen LogP contribution in [0.3, 0.4) is 0 Å². The summed E-state index contributed by atoms with van der Waals surface area (Å²) in [7, 11) is -3.61. The Morgan fingerprint density at radius 1 is 1.07 bits per heavy atom. The second-order valence-electron chi connectivity index (χ2n) is 9.83. The normalized spacial score (nSPS) is 20.8. The fraction of sp³-hybridized carbons (Fsp3) is 0.696. The maximum absolute atomic E-state index is 12.4. The summed E-state index contributed by atoms with van der Waals surface area (Å²) in [6.07, 6.45) is 2.35. The number of piperidine rings is 1. The first-order chi connectivity index (χ1) is 14.0. The van der Waals surface area contributed by atoms with Crippen LogP contribution in [-0.4, -0.2) is 51.9 Å². The van der Waals surface area contributed by atoms with E-state index in [1.54, 1.807) is 12.1 Å². The third kappa shape index (κ3) is 8.00. The number of amides is 1. The molecule has 2 rings (SSSR count). The number of carbonyl (C=O) groups excluding carboxylic acids is 1. The molecule has 2 atom stereocenters. The monoisotopic (exact) mass is 437 g/mol. The van der Waals surface area contributed by atoms with Gasteiger partial charge in [0, 0.05) is 32.6 Å². The maximum Gasteiger partial charge on any atom is 0.240 e. The van der Waals surface area contributed by atoms with Crippen molar-refractivity contribution in [3.8, 4) is 0 Å². The zero-order valence-electron chi connectivity index (χ0n) is 19.2. The van der Waals surface area contributed by atoms with Gasteiger partial charge in [-0.15, -0.1) is 0 Å². The van der Waals surface area contributed by atoms with Crippen molar-refractivity contribution in [2.75, 3.05) is 32.7 Å². The van der Waals surface area contributed by atoms with Gasteiger partial charge in [0.2, 0.25) is 15.9 Å². The van der Waals surface area contributed by atoms with Crippen molar-refractivity contribution in [2.24, 2.45) is 11.8 Å². The minimum atomic E-state index is -3.61. The van der Waals surface area contributed by atoms with Crippen LogP contribution in [0.15, 0.2) is 29.2 Å². The van der Waals surface area contributed by atoms with Crippen LogP contribution < -0.4 is 10.0 Å². The topological polar surface area (TPSA) is 78.5 Å². The fourth-order valence-electron chi connectivity index (χ4n) is 4.11. The highest BCUT2D eigenvalue weighted by molar-refractivity contribution is 7.89. The van der Waals surface area contributed by atoms with Crippen LogP contribution in [-0.2, 0) is 20.2 Å². The maximum atomic E-state index is 12.4. The van der Waals surface area contributed by atoms with Crippen molar-refractivity contribution in [3.63, 3.8) is 0 Å². The van der Waals surface area contributed by atoms with Crippen molar-refractivity contribution in [3.05, 3.63) is 29.8 Å². The highest BCUT2D eigenvalue weighted by Gasteiger charge is 2.21. The summed E-state index contributed by atoms with van der Waals surface area (Å²) in [6, 6.07) is 6.91. The van der Waals surface area contributed by atoms with Crippen LogP contribution in [0, 0.1) is 11.8 Å². The molecular formula is C23H39N3O3S. The molecule has 1 aliphatic heterocycles. The Balaban J connectivity index is 1.67. The molecule has 7 heteroatoms. The van der Waals surface area contributed by atoms with Gasteiger partial charge in [-0.05, 0) is 54.3 Å². The summed E-state index contributed by atoms with van der Waals surface area (Å²) < 4.78 is 27.3. The van der Waals surface area contributed by atoms with Crippen LogP contribution in [0.25, 0.3) is 0 Å². The molecule has 2 unspecified atom stereocenters. The third-order valence-electron chi connectivity index (χ3n) is 5.59. The SMILES string of the molecule is CC1CC(C)CN(CCCNC(=O)CCNS(=O)(=O)c2ccc(C(C)(C)C)cc2)C1. The molecule has 1 fully saturated rings. The average Bonchev–Trinajstić information content (AvgIpc) is 2.64. The standard InChI is InChI=1S/C23H39N3O3S/c1-18-15-19(2)17-26(16-18)14-6-12-24-22(27)11-13-25-30(28,29)21-9-7-20(8-10-21)23(3,4)5/h7-10,18-19,25H,6,11-17H2,1-5H3,(H,24,27). The largest absolute Gasteiger partial charge is 0.356 e. The van der Waals surface area contributed by atoms with Gasteiger partial charge in [-0.2, -0.15) is 0 Å². The third-order valence-corrected chi connectivity index (χ3v) is 7.07. The molecule has 0 radical (unpaired) electrons. The van der Waals surface area contributed by atoms with Gasteiger partial charge >= 0.3 is 0 Å². The molecule has 1 aliphatic rings. The minimum Gasteiger partial charge on any atom is -0.356 e. The van der Waals surface area contributed by atoms with Crippen molar-refractivity contribution in [1.29, 1.82) is 0 Å². The molecule has 1 heterocycles. The molecule has 0 aromatic heterocycles. The zero-order chi connectivity index (χ0) is 22.4. The highest BCUT2D eigenvalue weighted by atomic mass is 32.2. The lowest BCUT2D eigenvalue weighted by Gasteiger charge is -2.34. The molecule has 1 aromatic carbocycles. The molecule has 0 aliphatic carbocycles. The number of likely N-dealkylation sites (tertiary alicyclic amines) is 1. The summed E-state index contributed by atoms with van der Waals surface area (Å²) in [5.74, 6) is 1.35. The molecule has 1 amide bonds. The lowest BCUT2D eigenvalue weighted by molar-refractivity contribution is -0.120. The van der Waals surface area contributed by atoms with E-state index < -0.39 is 10.0 Å². The van der Waals surface area contributed by atoms with E-state index in [0.29, 0.717) is 6.54 Å². The number of benzene rings is 1. The Hall–Kier alpha value is -1.44. The van der Waals surface area contributed by atoms with Gasteiger partial charge in [-0.25, -0.2) is 13.1 Å². The first kappa shape index (κ1) is 24.8. The zero-order valence-corrected chi connectivity index (χ0v) is 20.0. The summed E-state index contributed by atoms with van der Waals surface area (Å²) in [5, 5.41) is 2.89. The number of rotatable bonds is 9. The lowest BCUT2D eigenvalue weighted by Crippen LogP contribution is -2.40. The van der Waals surface area contributed by atoms with E-state index in [1.807, 2.05) is 12.1 Å². The number of hydrogen-bond donors (Lipinski definition) is 2. The Kier molecular flexibility index (Phi) is 8.88. The molecule has 6 nitrogen and oxygen atoms in total. The molecule has 0 spiro atoms. The van der Waals surface area contributed by atoms with Crippen molar-refractivity contribution >= 4 is 15.9 Å². The van der Waals surface area contributed by atoms with E-state index in [0.717, 1.165) is 43.5 Å². The van der Waals surface area contributed by atoms with Crippen LogP contribution in [0.5, 0.6) is 0 Å². The van der Waals surface area contributed by atoms with Crippen molar-refractivity contribution in [1.82, 2.24) is 14.9 Å². The fourth-order valence-corrected chi connectivity index (χ4v) is 5.14. The molecular weight excluding hydrogens is 398 g/mol. The van der Waals surface area contributed by atoms with Crippen LogP contribution in [0.4, 0.5) is 0 Å². The number of nitrogens with zero attached hydrogens (tertiary/aromatic N) is 1. The molecule has 1 aromatic rings. The molecule has 0 saturated carbocycles. The van der Waals surface area contributed by atoms with Gasteiger partial charge < -0.3 is 10.2 Å². The van der Waals surface area contributed by atoms with E-state index in [1.165, 1.54) is 6.42 Å². The Labute approximate surface area is 182 Å². The first-order valence-electron chi connectivity index (χ1n) is 11.1. The second-order valence-corrected chi connectivity index (χ2v) is 11.6. The van der Waals surface area contributed by atoms with Crippen molar-refractivity contribution < 1.29 is 13.2 Å². The van der Waals surface area contributed by atoms with Crippen LogP contribution >= 0.6 is 0 Å². The Morgan fingerprint density at radius 3 is 2.23 bits per heavy atom. The van der Waals surface area contributed by atoms with E-state index in [4.69, 9.17) is 0 Å². The summed E-state index contributed by atoms with van der Waals surface area (Å²) in [6.45, 7) is 14.8. The van der Waals surface area contributed by atoms with Crippen molar-refractivity contribution in [2.45, 2.75) is 64.2 Å². The van der Waals surface area contributed by atoms with E-state index in [2.05, 4.69) is 49.6 Å². The Morgan fingerprint density at radius 2 is 1.67 bits per heavy atom. The van der Waals surface area contributed by atoms with Crippen LogP contribution in [0.2, 0.25) is 0 Å². The quantitative estimate of drug-likeness (QED) is 0.582. The van der Waals surface area contributed by atoms with E-state index in [-0.39, 0.29) is 29.2 Å². The summed E-state index contributed by atoms with van der Waals surface area (Å²) in [4.78, 5) is 14.7. The first-order valence-corrected chi connectivity index (χ1v) is 12.5. The number of nitrogens with one attached hydrogen (secondary N) is 2. The molecule has 0 bridgehead atoms. The number of hydrogen-bond acceptors (Lipinski definition) is 4. The average molecular weight is 438 g/mol. The van der Waals surface area contributed by atoms with Gasteiger partial charge in [-0.3, -0.25) is 4.79 Å². The van der Waals surface area contributed by atoms with Gasteiger partial charge in [0.05, 0.1) is 4.90 Å². The number of sulfonamides is 1. The summed E-state index contributed by atoms with van der Waals surface area (Å²) >= 11 is 0. The molecule has 2 N–H and O–H groups in total. The smallest absolute Gasteiger partial charge is 0.240 e. The van der Waals surface area contributed by atoms with Gasteiger partial charge in [0.15, 0.2) is 0 Å². The minimum absolute atomic E-state index is 0.0295. The highest BCUT2D eigenvalue weighted by Crippen LogP contribution is 2.23. The second kappa shape index (κ2) is 10.7. The predicted molar refractivity (Wildman–Crippen MR) is 122 cm³/mol. The van der Waals surface area contributed by atoms with Gasteiger partial charge in [-0.1, -0.05) is 46.8 Å². The van der Waals surface area contributed by atoms with Gasteiger partial charge in [0.1, 0.15) is 0 Å². The molecule has 1 saturated heterocycles. The van der Waals surface area contributed by atoms with Crippen LogP contribution in [0.1, 0.15) is 59.4 Å².